The summed E-state index contributed by atoms with van der Waals surface area (Å²) in [4.78, 5) is 4.70. The molecule has 4 heteroatoms. The minimum absolute atomic E-state index is 0.541. The molecule has 0 atom stereocenters. The molecule has 1 saturated heterocycles. The predicted octanol–water partition coefficient (Wildman–Crippen LogP) is 2.83. The van der Waals surface area contributed by atoms with Gasteiger partial charge in [0, 0.05) is 42.8 Å². The molecule has 0 radical (unpaired) electrons. The summed E-state index contributed by atoms with van der Waals surface area (Å²) in [6.07, 6.45) is 0. The van der Waals surface area contributed by atoms with Crippen molar-refractivity contribution in [3.05, 3.63) is 28.8 Å². The first-order valence-corrected chi connectivity index (χ1v) is 6.40. The Morgan fingerprint density at radius 2 is 1.88 bits per heavy atom. The quantitative estimate of drug-likeness (QED) is 0.753. The molecule has 1 fully saturated rings. The number of nitrogens with zero attached hydrogens (tertiary/aromatic N) is 2. The highest BCUT2D eigenvalue weighted by Gasteiger charge is 2.16. The molecule has 1 aromatic rings. The van der Waals surface area contributed by atoms with Crippen LogP contribution in [0.15, 0.2) is 18.2 Å². The highest BCUT2D eigenvalue weighted by molar-refractivity contribution is 6.31. The fraction of sp³-hybridized carbons (Fsp3) is 0.500. The summed E-state index contributed by atoms with van der Waals surface area (Å²) in [7, 11) is 2.15. The van der Waals surface area contributed by atoms with Gasteiger partial charge < -0.3 is 9.80 Å². The molecule has 1 aromatic carbocycles. The fourth-order valence-electron chi connectivity index (χ4n) is 1.99. The first-order chi connectivity index (χ1) is 7.70. The monoisotopic (exact) mass is 258 g/mol. The Labute approximate surface area is 107 Å². The van der Waals surface area contributed by atoms with E-state index in [0.717, 1.165) is 36.8 Å². The van der Waals surface area contributed by atoms with Crippen molar-refractivity contribution in [1.82, 2.24) is 4.90 Å². The van der Waals surface area contributed by atoms with Crippen LogP contribution in [0.25, 0.3) is 0 Å². The van der Waals surface area contributed by atoms with E-state index < -0.39 is 0 Å². The van der Waals surface area contributed by atoms with Crippen LogP contribution < -0.4 is 4.90 Å². The van der Waals surface area contributed by atoms with Crippen molar-refractivity contribution in [3.63, 3.8) is 0 Å². The third-order valence-electron chi connectivity index (χ3n) is 3.04. The van der Waals surface area contributed by atoms with E-state index >= 15 is 0 Å². The van der Waals surface area contributed by atoms with E-state index in [1.807, 2.05) is 18.2 Å². The van der Waals surface area contributed by atoms with Gasteiger partial charge in [0.2, 0.25) is 0 Å². The largest absolute Gasteiger partial charge is 0.369 e. The van der Waals surface area contributed by atoms with Crippen molar-refractivity contribution >= 4 is 28.9 Å². The number of rotatable bonds is 2. The van der Waals surface area contributed by atoms with Gasteiger partial charge >= 0.3 is 0 Å². The zero-order valence-corrected chi connectivity index (χ0v) is 10.9. The van der Waals surface area contributed by atoms with Crippen LogP contribution in [0.1, 0.15) is 5.56 Å². The van der Waals surface area contributed by atoms with Gasteiger partial charge in [-0.3, -0.25) is 0 Å². The molecule has 0 aliphatic carbocycles. The Hall–Kier alpha value is -0.440. The van der Waals surface area contributed by atoms with Crippen molar-refractivity contribution in [1.29, 1.82) is 0 Å². The molecule has 0 bridgehead atoms. The SMILES string of the molecule is CN1CCN(c2cc(Cl)ccc2CCl)CC1. The highest BCUT2D eigenvalue weighted by atomic mass is 35.5. The van der Waals surface area contributed by atoms with Crippen molar-refractivity contribution in [2.75, 3.05) is 38.1 Å². The second-order valence-corrected chi connectivity index (χ2v) is 4.90. The maximum atomic E-state index is 6.04. The third kappa shape index (κ3) is 2.62. The Morgan fingerprint density at radius 3 is 2.50 bits per heavy atom. The van der Waals surface area contributed by atoms with E-state index in [0.29, 0.717) is 5.88 Å². The molecule has 1 aliphatic rings. The van der Waals surface area contributed by atoms with E-state index in [1.54, 1.807) is 0 Å². The summed E-state index contributed by atoms with van der Waals surface area (Å²) in [5.41, 5.74) is 2.35. The lowest BCUT2D eigenvalue weighted by molar-refractivity contribution is 0.312. The van der Waals surface area contributed by atoms with Crippen LogP contribution in [0, 0.1) is 0 Å². The number of halogens is 2. The van der Waals surface area contributed by atoms with E-state index in [9.17, 15) is 0 Å². The van der Waals surface area contributed by atoms with E-state index in [1.165, 1.54) is 5.69 Å². The Balaban J connectivity index is 2.21. The number of hydrogen-bond acceptors (Lipinski definition) is 2. The molecule has 88 valence electrons. The third-order valence-corrected chi connectivity index (χ3v) is 3.56. The number of piperazine rings is 1. The maximum Gasteiger partial charge on any atom is 0.0494 e. The van der Waals surface area contributed by atoms with Gasteiger partial charge in [0.25, 0.3) is 0 Å². The van der Waals surface area contributed by atoms with Crippen LogP contribution in [0.2, 0.25) is 5.02 Å². The van der Waals surface area contributed by atoms with Gasteiger partial charge in [0.05, 0.1) is 0 Å². The van der Waals surface area contributed by atoms with E-state index in [-0.39, 0.29) is 0 Å². The van der Waals surface area contributed by atoms with Crippen molar-refractivity contribution in [2.45, 2.75) is 5.88 Å². The lowest BCUT2D eigenvalue weighted by Gasteiger charge is -2.35. The summed E-state index contributed by atoms with van der Waals surface area (Å²) in [6.45, 7) is 4.27. The topological polar surface area (TPSA) is 6.48 Å². The predicted molar refractivity (Wildman–Crippen MR) is 70.7 cm³/mol. The molecule has 1 heterocycles. The molecule has 0 spiro atoms. The van der Waals surface area contributed by atoms with Crippen LogP contribution in [0.5, 0.6) is 0 Å². The molecule has 0 unspecified atom stereocenters. The van der Waals surface area contributed by atoms with Crippen LogP contribution in [-0.2, 0) is 5.88 Å². The summed E-state index contributed by atoms with van der Waals surface area (Å²) in [5, 5.41) is 0.780. The van der Waals surface area contributed by atoms with Gasteiger partial charge in [-0.2, -0.15) is 0 Å². The minimum Gasteiger partial charge on any atom is -0.369 e. The first kappa shape index (κ1) is 12.0. The van der Waals surface area contributed by atoms with Gasteiger partial charge in [-0.25, -0.2) is 0 Å². The molecule has 1 aliphatic heterocycles. The number of alkyl halides is 1. The van der Waals surface area contributed by atoms with Crippen molar-refractivity contribution < 1.29 is 0 Å². The van der Waals surface area contributed by atoms with Gasteiger partial charge in [-0.1, -0.05) is 17.7 Å². The normalized spacial score (nSPS) is 17.8. The molecule has 16 heavy (non-hydrogen) atoms. The molecule has 0 aromatic heterocycles. The zero-order chi connectivity index (χ0) is 11.5. The molecule has 2 rings (SSSR count). The van der Waals surface area contributed by atoms with Gasteiger partial charge in [0.1, 0.15) is 0 Å². The highest BCUT2D eigenvalue weighted by Crippen LogP contribution is 2.27. The molecule has 0 amide bonds. The summed E-state index contributed by atoms with van der Waals surface area (Å²) >= 11 is 12.0. The fourth-order valence-corrected chi connectivity index (χ4v) is 2.38. The average Bonchev–Trinajstić information content (AvgIpc) is 2.30. The number of anilines is 1. The van der Waals surface area contributed by atoms with Crippen LogP contribution in [0.4, 0.5) is 5.69 Å². The number of likely N-dealkylation sites (N-methyl/N-ethyl adjacent to an activating group) is 1. The standard InChI is InChI=1S/C12H16Cl2N2/c1-15-4-6-16(7-5-15)12-8-11(14)3-2-10(12)9-13/h2-3,8H,4-7,9H2,1H3. The van der Waals surface area contributed by atoms with Crippen molar-refractivity contribution in [2.24, 2.45) is 0 Å². The van der Waals surface area contributed by atoms with E-state index in [4.69, 9.17) is 23.2 Å². The van der Waals surface area contributed by atoms with Crippen LogP contribution >= 0.6 is 23.2 Å². The molecule has 2 nitrogen and oxygen atoms in total. The van der Waals surface area contributed by atoms with Gasteiger partial charge in [-0.05, 0) is 24.7 Å². The Bertz CT molecular complexity index is 360. The zero-order valence-electron chi connectivity index (χ0n) is 9.42. The smallest absolute Gasteiger partial charge is 0.0494 e. The summed E-state index contributed by atoms with van der Waals surface area (Å²) in [5.74, 6) is 0.541. The first-order valence-electron chi connectivity index (χ1n) is 5.48. The second-order valence-electron chi connectivity index (χ2n) is 4.20. The van der Waals surface area contributed by atoms with E-state index in [2.05, 4.69) is 16.8 Å². The van der Waals surface area contributed by atoms with Crippen molar-refractivity contribution in [3.8, 4) is 0 Å². The minimum atomic E-state index is 0.541. The molecular weight excluding hydrogens is 243 g/mol. The summed E-state index contributed by atoms with van der Waals surface area (Å²) < 4.78 is 0. The van der Waals surface area contributed by atoms with Crippen LogP contribution in [-0.4, -0.2) is 38.1 Å². The number of benzene rings is 1. The average molecular weight is 259 g/mol. The van der Waals surface area contributed by atoms with Gasteiger partial charge in [-0.15, -0.1) is 11.6 Å². The molecular formula is C12H16Cl2N2. The van der Waals surface area contributed by atoms with Crippen LogP contribution in [0.3, 0.4) is 0 Å². The van der Waals surface area contributed by atoms with Gasteiger partial charge in [0.15, 0.2) is 0 Å². The number of hydrogen-bond donors (Lipinski definition) is 0. The molecule has 0 saturated carbocycles. The lowest BCUT2D eigenvalue weighted by atomic mass is 10.1. The summed E-state index contributed by atoms with van der Waals surface area (Å²) in [6, 6.07) is 5.94. The Kier molecular flexibility index (Phi) is 3.95. The lowest BCUT2D eigenvalue weighted by Crippen LogP contribution is -2.44. The maximum absolute atomic E-state index is 6.04. The Morgan fingerprint density at radius 1 is 1.19 bits per heavy atom. The molecule has 0 N–H and O–H groups in total. The second kappa shape index (κ2) is 5.26.